The first-order chi connectivity index (χ1) is 9.20. The smallest absolute Gasteiger partial charge is 0.167 e. The monoisotopic (exact) mass is 261 g/mol. The zero-order chi connectivity index (χ0) is 13.7. The number of rotatable bonds is 5. The molecular formula is C16H23NO2. The molecule has 1 fully saturated rings. The van der Waals surface area contributed by atoms with Crippen LogP contribution in [0, 0.1) is 11.8 Å². The number of carbonyl (C=O) groups excluding carboxylic acids is 1. The fourth-order valence-electron chi connectivity index (χ4n) is 2.61. The highest BCUT2D eigenvalue weighted by molar-refractivity contribution is 5.97. The minimum atomic E-state index is 0.180. The predicted octanol–water partition coefficient (Wildman–Crippen LogP) is 3.88. The highest BCUT2D eigenvalue weighted by Gasteiger charge is 2.25. The molecule has 0 spiro atoms. The van der Waals surface area contributed by atoms with Gasteiger partial charge in [0.25, 0.3) is 0 Å². The average molecular weight is 261 g/mol. The van der Waals surface area contributed by atoms with E-state index in [9.17, 15) is 4.79 Å². The van der Waals surface area contributed by atoms with Crippen molar-refractivity contribution >= 4 is 5.78 Å². The Kier molecular flexibility index (Phi) is 4.94. The standard InChI is InChI=1S/C16H23NO2/c1-3-8-19-15-9-14(10-17-11-15)16(18)13-6-4-12(2)5-7-13/h9-13H,3-8H2,1-2H3. The summed E-state index contributed by atoms with van der Waals surface area (Å²) in [6.07, 6.45) is 8.65. The minimum Gasteiger partial charge on any atom is -0.492 e. The second-order valence-electron chi connectivity index (χ2n) is 5.58. The zero-order valence-electron chi connectivity index (χ0n) is 11.9. The van der Waals surface area contributed by atoms with Gasteiger partial charge in [-0.25, -0.2) is 0 Å². The minimum absolute atomic E-state index is 0.180. The van der Waals surface area contributed by atoms with Crippen LogP contribution >= 0.6 is 0 Å². The summed E-state index contributed by atoms with van der Waals surface area (Å²) in [6, 6.07) is 1.84. The van der Waals surface area contributed by atoms with Gasteiger partial charge in [0.2, 0.25) is 0 Å². The van der Waals surface area contributed by atoms with Gasteiger partial charge in [-0.3, -0.25) is 9.78 Å². The number of hydrogen-bond donors (Lipinski definition) is 0. The van der Waals surface area contributed by atoms with Crippen molar-refractivity contribution in [2.45, 2.75) is 46.0 Å². The van der Waals surface area contributed by atoms with Gasteiger partial charge in [0.15, 0.2) is 5.78 Å². The number of nitrogens with zero attached hydrogens (tertiary/aromatic N) is 1. The molecule has 1 aliphatic carbocycles. The van der Waals surface area contributed by atoms with Gasteiger partial charge >= 0.3 is 0 Å². The van der Waals surface area contributed by atoms with Crippen molar-refractivity contribution in [3.63, 3.8) is 0 Å². The molecule has 3 nitrogen and oxygen atoms in total. The number of Topliss-reactive ketones (excluding diaryl/α,β-unsaturated/α-hetero) is 1. The molecule has 1 aliphatic rings. The second kappa shape index (κ2) is 6.69. The molecule has 2 rings (SSSR count). The van der Waals surface area contributed by atoms with E-state index in [-0.39, 0.29) is 11.7 Å². The third kappa shape index (κ3) is 3.79. The second-order valence-corrected chi connectivity index (χ2v) is 5.58. The van der Waals surface area contributed by atoms with Gasteiger partial charge in [0.05, 0.1) is 12.8 Å². The summed E-state index contributed by atoms with van der Waals surface area (Å²) in [5.74, 6) is 1.89. The summed E-state index contributed by atoms with van der Waals surface area (Å²) in [5, 5.41) is 0. The summed E-state index contributed by atoms with van der Waals surface area (Å²) < 4.78 is 5.54. The van der Waals surface area contributed by atoms with Gasteiger partial charge < -0.3 is 4.74 Å². The molecule has 1 aromatic heterocycles. The Bertz CT molecular complexity index is 423. The van der Waals surface area contributed by atoms with Crippen LogP contribution < -0.4 is 4.74 Å². The van der Waals surface area contributed by atoms with Crippen molar-refractivity contribution < 1.29 is 9.53 Å². The van der Waals surface area contributed by atoms with Crippen LogP contribution in [-0.4, -0.2) is 17.4 Å². The summed E-state index contributed by atoms with van der Waals surface area (Å²) in [7, 11) is 0. The van der Waals surface area contributed by atoms with Crippen LogP contribution in [0.4, 0.5) is 0 Å². The first-order valence-electron chi connectivity index (χ1n) is 7.32. The Balaban J connectivity index is 2.02. The van der Waals surface area contributed by atoms with E-state index in [1.54, 1.807) is 12.4 Å². The van der Waals surface area contributed by atoms with E-state index in [4.69, 9.17) is 4.74 Å². The summed E-state index contributed by atoms with van der Waals surface area (Å²) in [6.45, 7) is 4.99. The van der Waals surface area contributed by atoms with Gasteiger partial charge in [-0.2, -0.15) is 0 Å². The van der Waals surface area contributed by atoms with Crippen LogP contribution in [0.5, 0.6) is 5.75 Å². The quantitative estimate of drug-likeness (QED) is 0.755. The van der Waals surface area contributed by atoms with E-state index in [2.05, 4.69) is 18.8 Å². The first-order valence-corrected chi connectivity index (χ1v) is 7.32. The third-order valence-electron chi connectivity index (χ3n) is 3.86. The van der Waals surface area contributed by atoms with E-state index in [0.717, 1.165) is 38.0 Å². The van der Waals surface area contributed by atoms with Crippen LogP contribution in [0.25, 0.3) is 0 Å². The lowest BCUT2D eigenvalue weighted by atomic mass is 9.79. The molecule has 0 saturated heterocycles. The van der Waals surface area contributed by atoms with E-state index in [1.165, 1.54) is 0 Å². The van der Waals surface area contributed by atoms with Crippen molar-refractivity contribution in [2.24, 2.45) is 11.8 Å². The van der Waals surface area contributed by atoms with Crippen molar-refractivity contribution in [3.8, 4) is 5.75 Å². The van der Waals surface area contributed by atoms with Crippen LogP contribution in [0.1, 0.15) is 56.3 Å². The molecule has 0 aliphatic heterocycles. The zero-order valence-corrected chi connectivity index (χ0v) is 11.9. The average Bonchev–Trinajstić information content (AvgIpc) is 2.45. The molecule has 1 saturated carbocycles. The maximum absolute atomic E-state index is 12.4. The molecule has 0 radical (unpaired) electrons. The Morgan fingerprint density at radius 2 is 2.05 bits per heavy atom. The largest absolute Gasteiger partial charge is 0.492 e. The fraction of sp³-hybridized carbons (Fsp3) is 0.625. The number of pyridine rings is 1. The Hall–Kier alpha value is -1.38. The lowest BCUT2D eigenvalue weighted by Crippen LogP contribution is -2.21. The summed E-state index contributed by atoms with van der Waals surface area (Å²) in [4.78, 5) is 16.6. The van der Waals surface area contributed by atoms with Crippen molar-refractivity contribution in [1.29, 1.82) is 0 Å². The third-order valence-corrected chi connectivity index (χ3v) is 3.86. The SMILES string of the molecule is CCCOc1cncc(C(=O)C2CCC(C)CC2)c1. The topological polar surface area (TPSA) is 39.2 Å². The molecule has 1 heterocycles. The number of ether oxygens (including phenoxy) is 1. The molecule has 0 atom stereocenters. The van der Waals surface area contributed by atoms with Crippen LogP contribution in [-0.2, 0) is 0 Å². The first kappa shape index (κ1) is 14.0. The Labute approximate surface area is 115 Å². The normalized spacial score (nSPS) is 23.1. The van der Waals surface area contributed by atoms with Gasteiger partial charge in [-0.1, -0.05) is 26.7 Å². The number of hydrogen-bond acceptors (Lipinski definition) is 3. The number of carbonyl (C=O) groups is 1. The number of aromatic nitrogens is 1. The van der Waals surface area contributed by atoms with Crippen molar-refractivity contribution in [3.05, 3.63) is 24.0 Å². The van der Waals surface area contributed by atoms with Crippen molar-refractivity contribution in [2.75, 3.05) is 6.61 Å². The van der Waals surface area contributed by atoms with Gasteiger partial charge in [0, 0.05) is 17.7 Å². The van der Waals surface area contributed by atoms with E-state index < -0.39 is 0 Å². The predicted molar refractivity (Wildman–Crippen MR) is 75.5 cm³/mol. The highest BCUT2D eigenvalue weighted by atomic mass is 16.5. The molecular weight excluding hydrogens is 238 g/mol. The summed E-state index contributed by atoms with van der Waals surface area (Å²) in [5.41, 5.74) is 0.702. The highest BCUT2D eigenvalue weighted by Crippen LogP contribution is 2.30. The Morgan fingerprint density at radius 1 is 1.32 bits per heavy atom. The van der Waals surface area contributed by atoms with Crippen molar-refractivity contribution in [1.82, 2.24) is 4.98 Å². The molecule has 3 heteroatoms. The molecule has 104 valence electrons. The molecule has 0 bridgehead atoms. The van der Waals surface area contributed by atoms with E-state index in [1.807, 2.05) is 6.07 Å². The van der Waals surface area contributed by atoms with E-state index >= 15 is 0 Å². The maximum Gasteiger partial charge on any atom is 0.167 e. The van der Waals surface area contributed by atoms with E-state index in [0.29, 0.717) is 17.9 Å². The van der Waals surface area contributed by atoms with Crippen LogP contribution in [0.2, 0.25) is 0 Å². The molecule has 1 aromatic rings. The molecule has 0 unspecified atom stereocenters. The number of ketones is 1. The fourth-order valence-corrected chi connectivity index (χ4v) is 2.61. The lowest BCUT2D eigenvalue weighted by Gasteiger charge is -2.25. The van der Waals surface area contributed by atoms with Gasteiger partial charge in [0.1, 0.15) is 5.75 Å². The summed E-state index contributed by atoms with van der Waals surface area (Å²) >= 11 is 0. The van der Waals surface area contributed by atoms with Gasteiger partial charge in [-0.15, -0.1) is 0 Å². The molecule has 0 N–H and O–H groups in total. The molecule has 0 amide bonds. The van der Waals surface area contributed by atoms with Crippen LogP contribution in [0.3, 0.4) is 0 Å². The Morgan fingerprint density at radius 3 is 2.74 bits per heavy atom. The maximum atomic E-state index is 12.4. The lowest BCUT2D eigenvalue weighted by molar-refractivity contribution is 0.0875. The van der Waals surface area contributed by atoms with Crippen LogP contribution in [0.15, 0.2) is 18.5 Å². The molecule has 19 heavy (non-hydrogen) atoms. The van der Waals surface area contributed by atoms with Gasteiger partial charge in [-0.05, 0) is 31.2 Å². The molecule has 0 aromatic carbocycles.